The number of hydrogen-bond donors (Lipinski definition) is 1. The highest BCUT2D eigenvalue weighted by Crippen LogP contribution is 2.15. The number of nitrogens with two attached hydrogens (primary N) is 1. The molecule has 18 heavy (non-hydrogen) atoms. The van der Waals surface area contributed by atoms with E-state index in [1.807, 2.05) is 22.9 Å². The summed E-state index contributed by atoms with van der Waals surface area (Å²) >= 11 is 0. The largest absolute Gasteiger partial charge is 0.486 e. The summed E-state index contributed by atoms with van der Waals surface area (Å²) in [6, 6.07) is 7.36. The molecule has 1 heterocycles. The maximum Gasteiger partial charge on any atom is 0.164 e. The average Bonchev–Trinajstić information content (AvgIpc) is 2.73. The van der Waals surface area contributed by atoms with Crippen molar-refractivity contribution in [3.63, 3.8) is 0 Å². The van der Waals surface area contributed by atoms with Crippen molar-refractivity contribution in [2.75, 3.05) is 5.73 Å². The molecule has 0 aliphatic heterocycles. The topological polar surface area (TPSA) is 66.0 Å². The Hall–Kier alpha value is -2.04. The molecule has 5 heteroatoms. The van der Waals surface area contributed by atoms with Gasteiger partial charge in [0, 0.05) is 18.3 Å². The second kappa shape index (κ2) is 5.53. The molecule has 0 radical (unpaired) electrons. The molecule has 1 aromatic carbocycles. The summed E-state index contributed by atoms with van der Waals surface area (Å²) < 4.78 is 7.52. The molecule has 5 nitrogen and oxygen atoms in total. The lowest BCUT2D eigenvalue weighted by molar-refractivity contribution is 0.283. The van der Waals surface area contributed by atoms with E-state index < -0.39 is 0 Å². The zero-order chi connectivity index (χ0) is 13.0. The first-order valence-electron chi connectivity index (χ1n) is 6.00. The first-order chi connectivity index (χ1) is 8.65. The van der Waals surface area contributed by atoms with Gasteiger partial charge in [0.15, 0.2) is 5.82 Å². The predicted octanol–water partition coefficient (Wildman–Crippen LogP) is 2.10. The van der Waals surface area contributed by atoms with Crippen LogP contribution < -0.4 is 10.5 Å². The monoisotopic (exact) mass is 246 g/mol. The Morgan fingerprint density at radius 2 is 2.22 bits per heavy atom. The molecule has 1 aromatic heterocycles. The maximum atomic E-state index is 5.69. The van der Waals surface area contributed by atoms with Gasteiger partial charge in [0.1, 0.15) is 18.7 Å². The van der Waals surface area contributed by atoms with Gasteiger partial charge < -0.3 is 10.5 Å². The van der Waals surface area contributed by atoms with Gasteiger partial charge in [-0.2, -0.15) is 5.10 Å². The van der Waals surface area contributed by atoms with Gasteiger partial charge in [-0.15, -0.1) is 0 Å². The lowest BCUT2D eigenvalue weighted by atomic mass is 10.2. The number of anilines is 1. The number of benzene rings is 1. The van der Waals surface area contributed by atoms with Crippen LogP contribution in [0, 0.1) is 5.92 Å². The first kappa shape index (κ1) is 12.4. The molecular weight excluding hydrogens is 228 g/mol. The second-order valence-corrected chi connectivity index (χ2v) is 4.61. The first-order valence-corrected chi connectivity index (χ1v) is 6.00. The Morgan fingerprint density at radius 1 is 1.39 bits per heavy atom. The molecule has 0 saturated heterocycles. The third kappa shape index (κ3) is 3.23. The van der Waals surface area contributed by atoms with Gasteiger partial charge in [-0.1, -0.05) is 19.9 Å². The fourth-order valence-corrected chi connectivity index (χ4v) is 1.65. The molecule has 0 fully saturated rings. The molecule has 0 saturated carbocycles. The molecule has 0 bridgehead atoms. The summed E-state index contributed by atoms with van der Waals surface area (Å²) in [5.74, 6) is 2.10. The summed E-state index contributed by atoms with van der Waals surface area (Å²) in [6.45, 7) is 5.53. The standard InChI is InChI=1S/C13H18N4O/c1-10(2)7-17-13(15-9-16-17)8-18-12-5-3-4-11(14)6-12/h3-6,9-10H,7-8,14H2,1-2H3. The van der Waals surface area contributed by atoms with Crippen molar-refractivity contribution in [1.82, 2.24) is 14.8 Å². The third-order valence-corrected chi connectivity index (χ3v) is 2.46. The molecule has 0 atom stereocenters. The number of nitrogen functional groups attached to an aromatic ring is 1. The minimum atomic E-state index is 0.399. The van der Waals surface area contributed by atoms with Crippen LogP contribution in [0.25, 0.3) is 0 Å². The van der Waals surface area contributed by atoms with Gasteiger partial charge in [-0.3, -0.25) is 0 Å². The van der Waals surface area contributed by atoms with E-state index in [0.29, 0.717) is 18.2 Å². The van der Waals surface area contributed by atoms with Gasteiger partial charge in [0.2, 0.25) is 0 Å². The average molecular weight is 246 g/mol. The molecule has 0 aliphatic rings. The van der Waals surface area contributed by atoms with Crippen LogP contribution in [0.5, 0.6) is 5.75 Å². The van der Waals surface area contributed by atoms with E-state index in [-0.39, 0.29) is 0 Å². The van der Waals surface area contributed by atoms with Crippen LogP contribution in [0.1, 0.15) is 19.7 Å². The fourth-order valence-electron chi connectivity index (χ4n) is 1.65. The lowest BCUT2D eigenvalue weighted by Crippen LogP contribution is -2.12. The maximum absolute atomic E-state index is 5.69. The van der Waals surface area contributed by atoms with Crippen LogP contribution in [-0.4, -0.2) is 14.8 Å². The van der Waals surface area contributed by atoms with Crippen LogP contribution in [0.2, 0.25) is 0 Å². The van der Waals surface area contributed by atoms with Crippen LogP contribution in [0.4, 0.5) is 5.69 Å². The summed E-state index contributed by atoms with van der Waals surface area (Å²) in [5, 5.41) is 4.19. The highest BCUT2D eigenvalue weighted by Gasteiger charge is 2.06. The van der Waals surface area contributed by atoms with Crippen LogP contribution in [-0.2, 0) is 13.2 Å². The molecule has 0 unspecified atom stereocenters. The van der Waals surface area contributed by atoms with Gasteiger partial charge in [0.05, 0.1) is 0 Å². The van der Waals surface area contributed by atoms with Crippen molar-refractivity contribution in [3.05, 3.63) is 36.4 Å². The number of hydrogen-bond acceptors (Lipinski definition) is 4. The molecule has 2 rings (SSSR count). The molecule has 0 aliphatic carbocycles. The molecule has 0 spiro atoms. The van der Waals surface area contributed by atoms with E-state index in [1.165, 1.54) is 0 Å². The number of nitrogens with zero attached hydrogens (tertiary/aromatic N) is 3. The van der Waals surface area contributed by atoms with E-state index in [1.54, 1.807) is 12.4 Å². The predicted molar refractivity (Wildman–Crippen MR) is 70.0 cm³/mol. The third-order valence-electron chi connectivity index (χ3n) is 2.46. The van der Waals surface area contributed by atoms with Crippen LogP contribution in [0.15, 0.2) is 30.6 Å². The van der Waals surface area contributed by atoms with E-state index >= 15 is 0 Å². The summed E-state index contributed by atoms with van der Waals surface area (Å²) in [7, 11) is 0. The Kier molecular flexibility index (Phi) is 3.82. The Labute approximate surface area is 107 Å². The van der Waals surface area contributed by atoms with E-state index in [0.717, 1.165) is 18.1 Å². The van der Waals surface area contributed by atoms with Crippen molar-refractivity contribution in [3.8, 4) is 5.75 Å². The zero-order valence-corrected chi connectivity index (χ0v) is 10.7. The Bertz CT molecular complexity index is 507. The molecular formula is C13H18N4O. The summed E-state index contributed by atoms with van der Waals surface area (Å²) in [5.41, 5.74) is 6.38. The van der Waals surface area contributed by atoms with Crippen molar-refractivity contribution in [2.45, 2.75) is 27.0 Å². The molecule has 2 N–H and O–H groups in total. The fraction of sp³-hybridized carbons (Fsp3) is 0.385. The van der Waals surface area contributed by atoms with E-state index in [4.69, 9.17) is 10.5 Å². The Morgan fingerprint density at radius 3 is 2.94 bits per heavy atom. The number of ether oxygens (including phenoxy) is 1. The normalized spacial score (nSPS) is 10.8. The van der Waals surface area contributed by atoms with Gasteiger partial charge in [-0.25, -0.2) is 9.67 Å². The van der Waals surface area contributed by atoms with Crippen molar-refractivity contribution in [1.29, 1.82) is 0 Å². The number of aromatic nitrogens is 3. The van der Waals surface area contributed by atoms with Crippen LogP contribution in [0.3, 0.4) is 0 Å². The SMILES string of the molecule is CC(C)Cn1ncnc1COc1cccc(N)c1. The summed E-state index contributed by atoms with van der Waals surface area (Å²) in [4.78, 5) is 4.20. The zero-order valence-electron chi connectivity index (χ0n) is 10.7. The van der Waals surface area contributed by atoms with Crippen LogP contribution >= 0.6 is 0 Å². The van der Waals surface area contributed by atoms with Crippen molar-refractivity contribution < 1.29 is 4.74 Å². The highest BCUT2D eigenvalue weighted by molar-refractivity contribution is 5.43. The van der Waals surface area contributed by atoms with Gasteiger partial charge in [-0.05, 0) is 18.1 Å². The smallest absolute Gasteiger partial charge is 0.164 e. The van der Waals surface area contributed by atoms with E-state index in [2.05, 4.69) is 23.9 Å². The highest BCUT2D eigenvalue weighted by atomic mass is 16.5. The number of rotatable bonds is 5. The molecule has 2 aromatic rings. The summed E-state index contributed by atoms with van der Waals surface area (Å²) in [6.07, 6.45) is 1.56. The quantitative estimate of drug-likeness (QED) is 0.820. The lowest BCUT2D eigenvalue weighted by Gasteiger charge is -2.10. The minimum absolute atomic E-state index is 0.399. The van der Waals surface area contributed by atoms with Crippen molar-refractivity contribution >= 4 is 5.69 Å². The molecule has 0 amide bonds. The van der Waals surface area contributed by atoms with E-state index in [9.17, 15) is 0 Å². The minimum Gasteiger partial charge on any atom is -0.486 e. The Balaban J connectivity index is 2.00. The second-order valence-electron chi connectivity index (χ2n) is 4.61. The molecule has 96 valence electrons. The van der Waals surface area contributed by atoms with Crippen molar-refractivity contribution in [2.24, 2.45) is 5.92 Å². The van der Waals surface area contributed by atoms with Gasteiger partial charge in [0.25, 0.3) is 0 Å². The van der Waals surface area contributed by atoms with Gasteiger partial charge >= 0.3 is 0 Å².